The Morgan fingerprint density at radius 2 is 2.15 bits per heavy atom. The van der Waals surface area contributed by atoms with Crippen molar-refractivity contribution in [3.8, 4) is 0 Å². The molecule has 110 valence electrons. The molecule has 0 aliphatic carbocycles. The van der Waals surface area contributed by atoms with Gasteiger partial charge in [0.1, 0.15) is 11.6 Å². The van der Waals surface area contributed by atoms with E-state index in [9.17, 15) is 13.6 Å². The van der Waals surface area contributed by atoms with Crippen LogP contribution in [0.25, 0.3) is 0 Å². The molecule has 2 N–H and O–H groups in total. The zero-order chi connectivity index (χ0) is 14.5. The number of benzene rings is 1. The highest BCUT2D eigenvalue weighted by Gasteiger charge is 2.22. The van der Waals surface area contributed by atoms with Crippen molar-refractivity contribution in [3.05, 3.63) is 35.4 Å². The quantitative estimate of drug-likeness (QED) is 0.895. The average Bonchev–Trinajstić information content (AvgIpc) is 2.70. The van der Waals surface area contributed by atoms with Gasteiger partial charge < -0.3 is 10.6 Å². The Bertz CT molecular complexity index is 471. The molecule has 2 atom stereocenters. The van der Waals surface area contributed by atoms with E-state index in [1.807, 2.05) is 0 Å². The van der Waals surface area contributed by atoms with Crippen molar-refractivity contribution >= 4 is 5.91 Å². The van der Waals surface area contributed by atoms with E-state index in [2.05, 4.69) is 10.6 Å². The number of halogens is 2. The highest BCUT2D eigenvalue weighted by Crippen LogP contribution is 2.18. The van der Waals surface area contributed by atoms with Crippen LogP contribution in [0.15, 0.2) is 18.2 Å². The van der Waals surface area contributed by atoms with Gasteiger partial charge in [-0.05, 0) is 44.5 Å². The van der Waals surface area contributed by atoms with Gasteiger partial charge >= 0.3 is 0 Å². The summed E-state index contributed by atoms with van der Waals surface area (Å²) < 4.78 is 26.8. The van der Waals surface area contributed by atoms with Crippen molar-refractivity contribution in [2.45, 2.75) is 44.7 Å². The fraction of sp³-hybridized carbons (Fsp3) is 0.533. The largest absolute Gasteiger partial charge is 0.348 e. The predicted molar refractivity (Wildman–Crippen MR) is 73.2 cm³/mol. The normalized spacial score (nSPS) is 21.1. The molecule has 1 heterocycles. The first-order valence-electron chi connectivity index (χ1n) is 7.06. The standard InChI is InChI=1S/C15H20F2N2O/c1-10(12-9-11(16)6-7-13(12)17)19-15(20)14-5-3-2-4-8-18-14/h6-7,9-10,14,18H,2-5,8H2,1H3,(H,19,20). The molecule has 3 nitrogen and oxygen atoms in total. The molecule has 1 fully saturated rings. The summed E-state index contributed by atoms with van der Waals surface area (Å²) in [6, 6.07) is 2.48. The maximum Gasteiger partial charge on any atom is 0.237 e. The minimum absolute atomic E-state index is 0.150. The third-order valence-electron chi connectivity index (χ3n) is 3.66. The molecule has 0 radical (unpaired) electrons. The molecule has 2 rings (SSSR count). The lowest BCUT2D eigenvalue weighted by Gasteiger charge is -2.20. The molecule has 2 unspecified atom stereocenters. The van der Waals surface area contributed by atoms with E-state index in [4.69, 9.17) is 0 Å². The Morgan fingerprint density at radius 1 is 1.35 bits per heavy atom. The molecule has 5 heteroatoms. The van der Waals surface area contributed by atoms with Gasteiger partial charge in [-0.25, -0.2) is 8.78 Å². The van der Waals surface area contributed by atoms with Crippen molar-refractivity contribution in [1.82, 2.24) is 10.6 Å². The Kier molecular flexibility index (Phi) is 5.06. The third-order valence-corrected chi connectivity index (χ3v) is 3.66. The number of carbonyl (C=O) groups excluding carboxylic acids is 1. The van der Waals surface area contributed by atoms with Crippen LogP contribution in [0.5, 0.6) is 0 Å². The number of rotatable bonds is 3. The van der Waals surface area contributed by atoms with Gasteiger partial charge in [0, 0.05) is 5.56 Å². The molecule has 0 aromatic heterocycles. The van der Waals surface area contributed by atoms with Crippen LogP contribution in [-0.4, -0.2) is 18.5 Å². The SMILES string of the molecule is CC(NC(=O)C1CCCCCN1)c1cc(F)ccc1F. The van der Waals surface area contributed by atoms with Gasteiger partial charge in [0.05, 0.1) is 12.1 Å². The second-order valence-corrected chi connectivity index (χ2v) is 5.25. The van der Waals surface area contributed by atoms with E-state index in [1.54, 1.807) is 6.92 Å². The van der Waals surface area contributed by atoms with Crippen molar-refractivity contribution in [2.75, 3.05) is 6.54 Å². The molecule has 0 spiro atoms. The first kappa shape index (κ1) is 14.9. The lowest BCUT2D eigenvalue weighted by molar-refractivity contribution is -0.123. The van der Waals surface area contributed by atoms with E-state index in [-0.39, 0.29) is 17.5 Å². The molecular formula is C15H20F2N2O. The summed E-state index contributed by atoms with van der Waals surface area (Å²) in [5.41, 5.74) is 0.173. The smallest absolute Gasteiger partial charge is 0.237 e. The number of amides is 1. The van der Waals surface area contributed by atoms with E-state index >= 15 is 0 Å². The Balaban J connectivity index is 2.01. The summed E-state index contributed by atoms with van der Waals surface area (Å²) in [7, 11) is 0. The summed E-state index contributed by atoms with van der Waals surface area (Å²) in [6.07, 6.45) is 3.97. The minimum Gasteiger partial charge on any atom is -0.348 e. The monoisotopic (exact) mass is 282 g/mol. The molecule has 0 saturated carbocycles. The maximum atomic E-state index is 13.6. The second-order valence-electron chi connectivity index (χ2n) is 5.25. The minimum atomic E-state index is -0.553. The number of hydrogen-bond acceptors (Lipinski definition) is 2. The Morgan fingerprint density at radius 3 is 2.95 bits per heavy atom. The first-order valence-corrected chi connectivity index (χ1v) is 7.06. The van der Waals surface area contributed by atoms with Crippen LogP contribution < -0.4 is 10.6 Å². The fourth-order valence-electron chi connectivity index (χ4n) is 2.49. The van der Waals surface area contributed by atoms with Gasteiger partial charge in [-0.3, -0.25) is 4.79 Å². The summed E-state index contributed by atoms with van der Waals surface area (Å²) in [5, 5.41) is 5.94. The van der Waals surface area contributed by atoms with E-state index in [0.717, 1.165) is 50.4 Å². The summed E-state index contributed by atoms with van der Waals surface area (Å²) in [5.74, 6) is -1.16. The summed E-state index contributed by atoms with van der Waals surface area (Å²) >= 11 is 0. The molecule has 0 bridgehead atoms. The van der Waals surface area contributed by atoms with Crippen molar-refractivity contribution in [3.63, 3.8) is 0 Å². The van der Waals surface area contributed by atoms with Crippen LogP contribution in [0.4, 0.5) is 8.78 Å². The van der Waals surface area contributed by atoms with Crippen LogP contribution in [0.1, 0.15) is 44.2 Å². The van der Waals surface area contributed by atoms with E-state index < -0.39 is 17.7 Å². The predicted octanol–water partition coefficient (Wildman–Crippen LogP) is 2.67. The molecule has 1 aromatic rings. The molecular weight excluding hydrogens is 262 g/mol. The number of nitrogens with one attached hydrogen (secondary N) is 2. The third kappa shape index (κ3) is 3.76. The topological polar surface area (TPSA) is 41.1 Å². The fourth-order valence-corrected chi connectivity index (χ4v) is 2.49. The number of carbonyl (C=O) groups is 1. The van der Waals surface area contributed by atoms with Crippen LogP contribution in [0.2, 0.25) is 0 Å². The molecule has 1 amide bonds. The molecule has 1 aliphatic rings. The zero-order valence-corrected chi connectivity index (χ0v) is 11.6. The molecule has 1 aromatic carbocycles. The first-order chi connectivity index (χ1) is 9.58. The lowest BCUT2D eigenvalue weighted by atomic mass is 10.1. The van der Waals surface area contributed by atoms with Crippen molar-refractivity contribution in [2.24, 2.45) is 0 Å². The van der Waals surface area contributed by atoms with Gasteiger partial charge in [-0.1, -0.05) is 12.8 Å². The maximum absolute atomic E-state index is 13.6. The second kappa shape index (κ2) is 6.79. The zero-order valence-electron chi connectivity index (χ0n) is 11.6. The molecule has 20 heavy (non-hydrogen) atoms. The Hall–Kier alpha value is -1.49. The van der Waals surface area contributed by atoms with E-state index in [0.29, 0.717) is 0 Å². The van der Waals surface area contributed by atoms with Gasteiger partial charge in [0.25, 0.3) is 0 Å². The van der Waals surface area contributed by atoms with Crippen molar-refractivity contribution in [1.29, 1.82) is 0 Å². The molecule has 1 saturated heterocycles. The van der Waals surface area contributed by atoms with Crippen LogP contribution in [-0.2, 0) is 4.79 Å². The van der Waals surface area contributed by atoms with Crippen LogP contribution in [0.3, 0.4) is 0 Å². The van der Waals surface area contributed by atoms with Gasteiger partial charge in [0.15, 0.2) is 0 Å². The molecule has 1 aliphatic heterocycles. The summed E-state index contributed by atoms with van der Waals surface area (Å²) in [6.45, 7) is 2.48. The van der Waals surface area contributed by atoms with Crippen molar-refractivity contribution < 1.29 is 13.6 Å². The van der Waals surface area contributed by atoms with Gasteiger partial charge in [0.2, 0.25) is 5.91 Å². The number of hydrogen-bond donors (Lipinski definition) is 2. The highest BCUT2D eigenvalue weighted by atomic mass is 19.1. The van der Waals surface area contributed by atoms with Gasteiger partial charge in [-0.15, -0.1) is 0 Å². The summed E-state index contributed by atoms with van der Waals surface area (Å²) in [4.78, 5) is 12.1. The lowest BCUT2D eigenvalue weighted by Crippen LogP contribution is -2.44. The highest BCUT2D eigenvalue weighted by molar-refractivity contribution is 5.82. The Labute approximate surface area is 117 Å². The van der Waals surface area contributed by atoms with Crippen LogP contribution >= 0.6 is 0 Å². The van der Waals surface area contributed by atoms with E-state index in [1.165, 1.54) is 0 Å². The average molecular weight is 282 g/mol. The van der Waals surface area contributed by atoms with Crippen LogP contribution in [0, 0.1) is 11.6 Å². The van der Waals surface area contributed by atoms with Gasteiger partial charge in [-0.2, -0.15) is 0 Å².